The highest BCUT2D eigenvalue weighted by Gasteiger charge is 2.39. The van der Waals surface area contributed by atoms with Crippen molar-refractivity contribution in [1.29, 1.82) is 0 Å². The summed E-state index contributed by atoms with van der Waals surface area (Å²) in [6.07, 6.45) is -1.27. The van der Waals surface area contributed by atoms with Gasteiger partial charge < -0.3 is 9.47 Å². The number of anilines is 1. The molecule has 9 heteroatoms. The first-order valence-electron chi connectivity index (χ1n) is 13.4. The van der Waals surface area contributed by atoms with E-state index in [4.69, 9.17) is 32.7 Å². The summed E-state index contributed by atoms with van der Waals surface area (Å²) in [4.78, 5) is 54.9. The monoisotopic (exact) mass is 621 g/mol. The molecule has 0 radical (unpaired) electrons. The molecule has 0 N–H and O–H groups in total. The summed E-state index contributed by atoms with van der Waals surface area (Å²) in [5, 5.41) is 0.983. The van der Waals surface area contributed by atoms with E-state index in [9.17, 15) is 19.2 Å². The van der Waals surface area contributed by atoms with Gasteiger partial charge in [-0.15, -0.1) is 0 Å². The fourth-order valence-corrected chi connectivity index (χ4v) is 5.07. The third kappa shape index (κ3) is 5.71. The van der Waals surface area contributed by atoms with Crippen LogP contribution in [-0.2, 0) is 4.74 Å². The standard InChI is InChI=1S/C35H21Cl2NO6/c36-24-14-12-22(13-15-24)32(31(39)21-6-2-1-3-7-21)44-35(42)23-8-4-9-26(20-23)38-33(40)28-10-5-11-29(30(28)34(38)41)43-27-18-16-25(37)17-19-27/h1-20,32H/t32-/m0/s1. The van der Waals surface area contributed by atoms with Crippen LogP contribution in [0.3, 0.4) is 0 Å². The first kappa shape index (κ1) is 28.9. The highest BCUT2D eigenvalue weighted by molar-refractivity contribution is 6.35. The predicted molar refractivity (Wildman–Crippen MR) is 166 cm³/mol. The molecule has 0 aliphatic carbocycles. The van der Waals surface area contributed by atoms with Gasteiger partial charge in [0.05, 0.1) is 22.4 Å². The lowest BCUT2D eigenvalue weighted by atomic mass is 9.99. The summed E-state index contributed by atoms with van der Waals surface area (Å²) in [5.41, 5.74) is 1.23. The molecule has 216 valence electrons. The van der Waals surface area contributed by atoms with Gasteiger partial charge in [0, 0.05) is 21.2 Å². The molecular formula is C35H21Cl2NO6. The van der Waals surface area contributed by atoms with Gasteiger partial charge in [-0.1, -0.05) is 77.8 Å². The Balaban J connectivity index is 1.28. The van der Waals surface area contributed by atoms with Crippen LogP contribution in [-0.4, -0.2) is 23.6 Å². The van der Waals surface area contributed by atoms with Crippen molar-refractivity contribution < 1.29 is 28.7 Å². The Morgan fingerprint density at radius 3 is 2.00 bits per heavy atom. The van der Waals surface area contributed by atoms with Gasteiger partial charge in [-0.2, -0.15) is 0 Å². The van der Waals surface area contributed by atoms with Crippen LogP contribution < -0.4 is 9.64 Å². The lowest BCUT2D eigenvalue weighted by molar-refractivity contribution is 0.0280. The zero-order valence-electron chi connectivity index (χ0n) is 22.8. The molecule has 1 aliphatic rings. The fourth-order valence-electron chi connectivity index (χ4n) is 4.81. The maximum atomic E-state index is 13.6. The molecule has 5 aromatic carbocycles. The number of hydrogen-bond donors (Lipinski definition) is 0. The molecule has 2 amide bonds. The number of benzene rings is 5. The van der Waals surface area contributed by atoms with Crippen molar-refractivity contribution in [3.05, 3.63) is 159 Å². The highest BCUT2D eigenvalue weighted by atomic mass is 35.5. The Morgan fingerprint density at radius 2 is 1.30 bits per heavy atom. The van der Waals surface area contributed by atoms with Crippen LogP contribution in [0.25, 0.3) is 0 Å². The maximum absolute atomic E-state index is 13.6. The first-order valence-corrected chi connectivity index (χ1v) is 14.2. The number of halogens is 2. The van der Waals surface area contributed by atoms with E-state index in [-0.39, 0.29) is 28.1 Å². The average molecular weight is 622 g/mol. The normalized spacial score (nSPS) is 12.9. The third-order valence-corrected chi connectivity index (χ3v) is 7.46. The molecule has 0 unspecified atom stereocenters. The molecule has 0 saturated heterocycles. The SMILES string of the molecule is O=C(O[C@H](C(=O)c1ccccc1)c1ccc(Cl)cc1)c1cccc(N2C(=O)c3cccc(Oc4ccc(Cl)cc4)c3C2=O)c1. The van der Waals surface area contributed by atoms with Crippen LogP contribution in [0.15, 0.2) is 121 Å². The Labute approximate surface area is 262 Å². The summed E-state index contributed by atoms with van der Waals surface area (Å²) in [7, 11) is 0. The van der Waals surface area contributed by atoms with E-state index >= 15 is 0 Å². The Kier molecular flexibility index (Phi) is 7.98. The Hall–Kier alpha value is -5.24. The summed E-state index contributed by atoms with van der Waals surface area (Å²) in [5.74, 6) is -1.79. The van der Waals surface area contributed by atoms with Gasteiger partial charge in [-0.3, -0.25) is 14.4 Å². The molecule has 0 saturated carbocycles. The van der Waals surface area contributed by atoms with E-state index < -0.39 is 29.7 Å². The molecule has 5 aromatic rings. The van der Waals surface area contributed by atoms with Gasteiger partial charge in [0.15, 0.2) is 6.10 Å². The topological polar surface area (TPSA) is 90.0 Å². The molecule has 0 aromatic heterocycles. The Bertz CT molecular complexity index is 1910. The molecule has 6 rings (SSSR count). The fraction of sp³-hybridized carbons (Fsp3) is 0.0286. The number of rotatable bonds is 8. The lowest BCUT2D eigenvalue weighted by Gasteiger charge is -2.19. The minimum Gasteiger partial charge on any atom is -0.457 e. The second-order valence-corrected chi connectivity index (χ2v) is 10.7. The number of imide groups is 1. The number of ether oxygens (including phenoxy) is 2. The second kappa shape index (κ2) is 12.2. The number of ketones is 1. The summed E-state index contributed by atoms with van der Waals surface area (Å²) < 4.78 is 11.7. The number of amides is 2. The van der Waals surface area contributed by atoms with E-state index in [1.54, 1.807) is 91.0 Å². The van der Waals surface area contributed by atoms with Crippen molar-refractivity contribution in [2.75, 3.05) is 4.90 Å². The number of Topliss-reactive ketones (excluding diaryl/α,β-unsaturated/α-hetero) is 1. The number of fused-ring (bicyclic) bond motifs is 1. The minimum absolute atomic E-state index is 0.0384. The number of hydrogen-bond acceptors (Lipinski definition) is 6. The van der Waals surface area contributed by atoms with E-state index in [0.29, 0.717) is 26.9 Å². The quantitative estimate of drug-likeness (QED) is 0.0982. The summed E-state index contributed by atoms with van der Waals surface area (Å²) >= 11 is 12.0. The first-order chi connectivity index (χ1) is 21.3. The zero-order valence-corrected chi connectivity index (χ0v) is 24.3. The van der Waals surface area contributed by atoms with Crippen molar-refractivity contribution in [2.45, 2.75) is 6.10 Å². The van der Waals surface area contributed by atoms with Crippen molar-refractivity contribution >= 4 is 52.5 Å². The lowest BCUT2D eigenvalue weighted by Crippen LogP contribution is -2.29. The third-order valence-electron chi connectivity index (χ3n) is 6.95. The van der Waals surface area contributed by atoms with Gasteiger partial charge >= 0.3 is 5.97 Å². The smallest absolute Gasteiger partial charge is 0.339 e. The van der Waals surface area contributed by atoms with E-state index in [1.165, 1.54) is 30.3 Å². The van der Waals surface area contributed by atoms with Crippen molar-refractivity contribution in [3.8, 4) is 11.5 Å². The zero-order chi connectivity index (χ0) is 30.8. The van der Waals surface area contributed by atoms with E-state index in [1.807, 2.05) is 0 Å². The second-order valence-electron chi connectivity index (χ2n) is 9.80. The van der Waals surface area contributed by atoms with Gasteiger partial charge in [0.1, 0.15) is 11.5 Å². The summed E-state index contributed by atoms with van der Waals surface area (Å²) in [6.45, 7) is 0. The number of carbonyl (C=O) groups is 4. The van der Waals surface area contributed by atoms with Crippen LogP contribution >= 0.6 is 23.2 Å². The van der Waals surface area contributed by atoms with Gasteiger partial charge in [0.2, 0.25) is 5.78 Å². The van der Waals surface area contributed by atoms with Crippen molar-refractivity contribution in [2.24, 2.45) is 0 Å². The molecule has 0 bridgehead atoms. The predicted octanol–water partition coefficient (Wildman–Crippen LogP) is 8.37. The van der Waals surface area contributed by atoms with Crippen LogP contribution in [0.1, 0.15) is 53.1 Å². The maximum Gasteiger partial charge on any atom is 0.339 e. The number of carbonyl (C=O) groups excluding carboxylic acids is 4. The van der Waals surface area contributed by atoms with Crippen molar-refractivity contribution in [3.63, 3.8) is 0 Å². The molecule has 0 fully saturated rings. The van der Waals surface area contributed by atoms with Crippen LogP contribution in [0.2, 0.25) is 10.0 Å². The Morgan fingerprint density at radius 1 is 0.659 bits per heavy atom. The molecule has 1 atom stereocenters. The van der Waals surface area contributed by atoms with Gasteiger partial charge in [-0.25, -0.2) is 9.69 Å². The molecule has 0 spiro atoms. The number of nitrogens with zero attached hydrogens (tertiary/aromatic N) is 1. The minimum atomic E-state index is -1.27. The summed E-state index contributed by atoms with van der Waals surface area (Å²) in [6, 6.07) is 32.1. The van der Waals surface area contributed by atoms with E-state index in [0.717, 1.165) is 4.90 Å². The van der Waals surface area contributed by atoms with Crippen LogP contribution in [0.5, 0.6) is 11.5 Å². The van der Waals surface area contributed by atoms with Gasteiger partial charge in [0.25, 0.3) is 11.8 Å². The number of esters is 1. The molecule has 1 heterocycles. The van der Waals surface area contributed by atoms with Gasteiger partial charge in [-0.05, 0) is 66.7 Å². The highest BCUT2D eigenvalue weighted by Crippen LogP contribution is 2.37. The van der Waals surface area contributed by atoms with E-state index in [2.05, 4.69) is 0 Å². The average Bonchev–Trinajstić information content (AvgIpc) is 3.31. The van der Waals surface area contributed by atoms with Crippen LogP contribution in [0, 0.1) is 0 Å². The van der Waals surface area contributed by atoms with Crippen LogP contribution in [0.4, 0.5) is 5.69 Å². The van der Waals surface area contributed by atoms with Crippen molar-refractivity contribution in [1.82, 2.24) is 0 Å². The largest absolute Gasteiger partial charge is 0.457 e. The molecular weight excluding hydrogens is 601 g/mol. The molecule has 1 aliphatic heterocycles. The molecule has 7 nitrogen and oxygen atoms in total. The molecule has 44 heavy (non-hydrogen) atoms.